The molecule has 3 fully saturated rings. The molecule has 1 aromatic rings. The van der Waals surface area contributed by atoms with Crippen molar-refractivity contribution in [3.63, 3.8) is 0 Å². The second-order valence-corrected chi connectivity index (χ2v) is 7.59. The zero-order valence-corrected chi connectivity index (χ0v) is 14.3. The van der Waals surface area contributed by atoms with Gasteiger partial charge in [0.1, 0.15) is 0 Å². The van der Waals surface area contributed by atoms with Crippen molar-refractivity contribution in [3.8, 4) is 0 Å². The summed E-state index contributed by atoms with van der Waals surface area (Å²) in [6.45, 7) is 4.77. The number of amides is 1. The summed E-state index contributed by atoms with van der Waals surface area (Å²) in [6.07, 6.45) is 6.34. The summed E-state index contributed by atoms with van der Waals surface area (Å²) in [5.74, 6) is 0.755. The van der Waals surface area contributed by atoms with E-state index in [1.54, 1.807) is 0 Å². The Balaban J connectivity index is 1.32. The van der Waals surface area contributed by atoms with Gasteiger partial charge in [-0.15, -0.1) is 0 Å². The van der Waals surface area contributed by atoms with Gasteiger partial charge in [0.2, 0.25) is 5.95 Å². The minimum Gasteiger partial charge on any atom is -0.465 e. The first kappa shape index (κ1) is 16.4. The largest absolute Gasteiger partial charge is 0.465 e. The smallest absolute Gasteiger partial charge is 0.407 e. The predicted molar refractivity (Wildman–Crippen MR) is 93.0 cm³/mol. The number of hydrogen-bond donors (Lipinski definition) is 2. The molecule has 3 aliphatic rings. The van der Waals surface area contributed by atoms with Crippen molar-refractivity contribution in [1.82, 2.24) is 14.9 Å². The Morgan fingerprint density at radius 3 is 2.20 bits per heavy atom. The highest BCUT2D eigenvalue weighted by molar-refractivity contribution is 5.66. The van der Waals surface area contributed by atoms with Gasteiger partial charge in [0, 0.05) is 44.7 Å². The van der Waals surface area contributed by atoms with E-state index < -0.39 is 6.09 Å². The van der Waals surface area contributed by atoms with Gasteiger partial charge in [-0.3, -0.25) is 0 Å². The van der Waals surface area contributed by atoms with Crippen LogP contribution in [0.25, 0.3) is 0 Å². The number of anilines is 2. The van der Waals surface area contributed by atoms with E-state index in [0.29, 0.717) is 13.1 Å². The molecular formula is C17H25N5O3. The molecule has 1 aromatic heterocycles. The number of hydrogen-bond acceptors (Lipinski definition) is 6. The monoisotopic (exact) mass is 347 g/mol. The number of aromatic nitrogens is 2. The fourth-order valence-corrected chi connectivity index (χ4v) is 4.16. The highest BCUT2D eigenvalue weighted by atomic mass is 16.4. The van der Waals surface area contributed by atoms with E-state index in [4.69, 9.17) is 5.11 Å². The average molecular weight is 347 g/mol. The Bertz CT molecular complexity index is 614. The van der Waals surface area contributed by atoms with Crippen LogP contribution in [-0.4, -0.2) is 76.5 Å². The number of piperidine rings is 2. The molecule has 1 amide bonds. The molecule has 3 saturated heterocycles. The summed E-state index contributed by atoms with van der Waals surface area (Å²) in [5.41, 5.74) is 1.18. The van der Waals surface area contributed by atoms with Crippen LogP contribution in [0.1, 0.15) is 25.7 Å². The molecule has 0 aliphatic carbocycles. The van der Waals surface area contributed by atoms with Crippen molar-refractivity contribution in [2.24, 2.45) is 5.41 Å². The quantitative estimate of drug-likeness (QED) is 0.825. The maximum atomic E-state index is 11.0. The van der Waals surface area contributed by atoms with Gasteiger partial charge in [0.15, 0.2) is 0 Å². The Kier molecular flexibility index (Phi) is 4.15. The molecule has 0 unspecified atom stereocenters. The van der Waals surface area contributed by atoms with Crippen LogP contribution >= 0.6 is 0 Å². The number of rotatable bonds is 2. The first-order valence-corrected chi connectivity index (χ1v) is 9.03. The second kappa shape index (κ2) is 6.33. The maximum Gasteiger partial charge on any atom is 0.407 e. The predicted octanol–water partition coefficient (Wildman–Crippen LogP) is 1.02. The van der Waals surface area contributed by atoms with Crippen molar-refractivity contribution >= 4 is 17.7 Å². The molecule has 8 heteroatoms. The Labute approximate surface area is 147 Å². The number of nitrogens with zero attached hydrogens (tertiary/aromatic N) is 5. The molecule has 0 bridgehead atoms. The summed E-state index contributed by atoms with van der Waals surface area (Å²) in [7, 11) is 0. The van der Waals surface area contributed by atoms with E-state index in [-0.39, 0.29) is 11.5 Å². The van der Waals surface area contributed by atoms with E-state index in [2.05, 4.69) is 19.8 Å². The zero-order valence-electron chi connectivity index (χ0n) is 14.3. The Morgan fingerprint density at radius 2 is 1.64 bits per heavy atom. The first-order valence-electron chi connectivity index (χ1n) is 9.03. The van der Waals surface area contributed by atoms with E-state index >= 15 is 0 Å². The van der Waals surface area contributed by atoms with E-state index in [0.717, 1.165) is 63.5 Å². The lowest BCUT2D eigenvalue weighted by atomic mass is 9.72. The molecule has 3 aliphatic heterocycles. The van der Waals surface area contributed by atoms with Crippen molar-refractivity contribution in [3.05, 3.63) is 12.4 Å². The molecule has 0 saturated carbocycles. The molecule has 8 nitrogen and oxygen atoms in total. The SMILES string of the molecule is O=C(O)N1CC2(CCN(c3ncc(N4CCC(O)CC4)cn3)CC2)C1. The summed E-state index contributed by atoms with van der Waals surface area (Å²) in [5, 5.41) is 18.6. The summed E-state index contributed by atoms with van der Waals surface area (Å²) in [4.78, 5) is 25.9. The van der Waals surface area contributed by atoms with Crippen LogP contribution in [0.3, 0.4) is 0 Å². The lowest BCUT2D eigenvalue weighted by molar-refractivity contribution is -0.00652. The fraction of sp³-hybridized carbons (Fsp3) is 0.706. The number of aliphatic hydroxyl groups is 1. The van der Waals surface area contributed by atoms with Gasteiger partial charge in [0.25, 0.3) is 0 Å². The number of carbonyl (C=O) groups is 1. The molecule has 4 rings (SSSR count). The van der Waals surface area contributed by atoms with Crippen LogP contribution in [0.2, 0.25) is 0 Å². The molecule has 0 atom stereocenters. The van der Waals surface area contributed by atoms with Crippen molar-refractivity contribution in [2.75, 3.05) is 49.1 Å². The van der Waals surface area contributed by atoms with Gasteiger partial charge >= 0.3 is 6.09 Å². The summed E-state index contributed by atoms with van der Waals surface area (Å²) >= 11 is 0. The molecule has 136 valence electrons. The van der Waals surface area contributed by atoms with E-state index in [1.165, 1.54) is 4.90 Å². The van der Waals surface area contributed by atoms with Crippen LogP contribution < -0.4 is 9.80 Å². The minimum absolute atomic E-state index is 0.170. The second-order valence-electron chi connectivity index (χ2n) is 7.59. The maximum absolute atomic E-state index is 11.0. The third-order valence-corrected chi connectivity index (χ3v) is 5.88. The lowest BCUT2D eigenvalue weighted by Gasteiger charge is -2.52. The Hall–Kier alpha value is -2.09. The topological polar surface area (TPSA) is 93.0 Å². The van der Waals surface area contributed by atoms with Crippen LogP contribution in [-0.2, 0) is 0 Å². The third kappa shape index (κ3) is 3.22. The normalized spacial score (nSPS) is 23.6. The van der Waals surface area contributed by atoms with Crippen molar-refractivity contribution in [2.45, 2.75) is 31.8 Å². The molecule has 4 heterocycles. The number of aliphatic hydroxyl groups excluding tert-OH is 1. The van der Waals surface area contributed by atoms with Crippen molar-refractivity contribution in [1.29, 1.82) is 0 Å². The summed E-state index contributed by atoms with van der Waals surface area (Å²) < 4.78 is 0. The average Bonchev–Trinajstić information content (AvgIpc) is 2.60. The molecule has 0 aromatic carbocycles. The zero-order chi connectivity index (χ0) is 17.4. The molecule has 1 spiro atoms. The fourth-order valence-electron chi connectivity index (χ4n) is 4.16. The van der Waals surface area contributed by atoms with Gasteiger partial charge in [-0.2, -0.15) is 0 Å². The third-order valence-electron chi connectivity index (χ3n) is 5.88. The van der Waals surface area contributed by atoms with Crippen LogP contribution in [0.4, 0.5) is 16.4 Å². The number of carboxylic acid groups (broad SMARTS) is 1. The lowest BCUT2D eigenvalue weighted by Crippen LogP contribution is -2.61. The highest BCUT2D eigenvalue weighted by Crippen LogP contribution is 2.40. The Morgan fingerprint density at radius 1 is 1.04 bits per heavy atom. The standard InChI is InChI=1S/C17H25N5O3/c23-14-1-5-20(6-2-14)13-9-18-15(19-10-13)21-7-3-17(4-8-21)11-22(12-17)16(24)25/h9-10,14,23H,1-8,11-12H2,(H,24,25). The van der Waals surface area contributed by atoms with Gasteiger partial charge in [-0.05, 0) is 25.7 Å². The van der Waals surface area contributed by atoms with Crippen LogP contribution in [0.15, 0.2) is 12.4 Å². The summed E-state index contributed by atoms with van der Waals surface area (Å²) in [6, 6.07) is 0. The molecular weight excluding hydrogens is 322 g/mol. The van der Waals surface area contributed by atoms with Gasteiger partial charge in [-0.25, -0.2) is 14.8 Å². The van der Waals surface area contributed by atoms with Crippen molar-refractivity contribution < 1.29 is 15.0 Å². The number of likely N-dealkylation sites (tertiary alicyclic amines) is 1. The van der Waals surface area contributed by atoms with E-state index in [9.17, 15) is 9.90 Å². The van der Waals surface area contributed by atoms with Crippen LogP contribution in [0, 0.1) is 5.41 Å². The highest BCUT2D eigenvalue weighted by Gasteiger charge is 2.47. The van der Waals surface area contributed by atoms with Gasteiger partial charge in [0.05, 0.1) is 24.2 Å². The van der Waals surface area contributed by atoms with E-state index in [1.807, 2.05) is 12.4 Å². The molecule has 0 radical (unpaired) electrons. The van der Waals surface area contributed by atoms with Gasteiger partial charge in [-0.1, -0.05) is 0 Å². The molecule has 2 N–H and O–H groups in total. The molecule has 25 heavy (non-hydrogen) atoms. The van der Waals surface area contributed by atoms with Crippen LogP contribution in [0.5, 0.6) is 0 Å². The first-order chi connectivity index (χ1) is 12.0. The van der Waals surface area contributed by atoms with Gasteiger partial charge < -0.3 is 24.9 Å². The minimum atomic E-state index is -0.808.